The van der Waals surface area contributed by atoms with Gasteiger partial charge in [-0.25, -0.2) is 31.8 Å². The third kappa shape index (κ3) is 8.95. The van der Waals surface area contributed by atoms with Crippen LogP contribution in [0.4, 0.5) is 0 Å². The van der Waals surface area contributed by atoms with Crippen molar-refractivity contribution < 1.29 is 26.8 Å². The van der Waals surface area contributed by atoms with Gasteiger partial charge in [-0.05, 0) is 17.9 Å². The second-order valence-electron chi connectivity index (χ2n) is 8.27. The first-order valence-corrected chi connectivity index (χ1v) is 14.7. The Labute approximate surface area is 202 Å². The predicted molar refractivity (Wildman–Crippen MR) is 132 cm³/mol. The maximum Gasteiger partial charge on any atom is 0.262 e. The Morgan fingerprint density at radius 3 is 2.18 bits per heavy atom. The van der Waals surface area contributed by atoms with Gasteiger partial charge < -0.3 is 0 Å². The molecular formula is C23H35N3O6S2. The van der Waals surface area contributed by atoms with Crippen molar-refractivity contribution in [1.82, 2.24) is 14.9 Å². The van der Waals surface area contributed by atoms with Crippen LogP contribution >= 0.6 is 0 Å². The summed E-state index contributed by atoms with van der Waals surface area (Å²) in [6.45, 7) is 1.59. The van der Waals surface area contributed by atoms with Crippen molar-refractivity contribution in [2.45, 2.75) is 69.2 Å². The van der Waals surface area contributed by atoms with Crippen LogP contribution in [0.15, 0.2) is 47.4 Å². The van der Waals surface area contributed by atoms with Gasteiger partial charge >= 0.3 is 0 Å². The molecule has 1 unspecified atom stereocenters. The van der Waals surface area contributed by atoms with E-state index in [-0.39, 0.29) is 10.6 Å². The summed E-state index contributed by atoms with van der Waals surface area (Å²) < 4.78 is 55.2. The van der Waals surface area contributed by atoms with Crippen LogP contribution in [0.2, 0.25) is 0 Å². The fraction of sp³-hybridized carbons (Fsp3) is 0.522. The van der Waals surface area contributed by atoms with Gasteiger partial charge in [-0.15, -0.1) is 0 Å². The molecule has 4 N–H and O–H groups in total. The van der Waals surface area contributed by atoms with Crippen molar-refractivity contribution in [1.29, 1.82) is 0 Å². The van der Waals surface area contributed by atoms with Crippen molar-refractivity contribution in [3.63, 3.8) is 0 Å². The normalized spacial score (nSPS) is 13.1. The minimum atomic E-state index is -4.06. The van der Waals surface area contributed by atoms with Gasteiger partial charge in [-0.1, -0.05) is 88.3 Å². The van der Waals surface area contributed by atoms with Crippen molar-refractivity contribution in [2.24, 2.45) is 0 Å². The van der Waals surface area contributed by atoms with E-state index in [1.807, 2.05) is 0 Å². The molecule has 0 bridgehead atoms. The second-order valence-corrected chi connectivity index (χ2v) is 11.9. The first-order chi connectivity index (χ1) is 16.2. The first-order valence-electron chi connectivity index (χ1n) is 11.6. The molecule has 0 aromatic heterocycles. The molecule has 0 saturated heterocycles. The molecule has 190 valence electrons. The lowest BCUT2D eigenvalue weighted by Crippen LogP contribution is -2.52. The molecule has 9 nitrogen and oxygen atoms in total. The number of hydroxylamine groups is 1. The van der Waals surface area contributed by atoms with Crippen molar-refractivity contribution in [2.75, 3.05) is 12.3 Å². The standard InChI is InChI=1S/C23H35N3O6S2/c1-2-3-4-5-6-7-8-11-17-33(29,30)26-21(23(27)25-28)18-24-34(31,32)22-16-12-14-19-13-9-10-15-20(19)22/h9-10,12-16,21,24,26,28H,2-8,11,17-18H2,1H3,(H,25,27). The molecule has 0 aliphatic rings. The Balaban J connectivity index is 1.96. The van der Waals surface area contributed by atoms with E-state index in [0.29, 0.717) is 11.8 Å². The number of benzene rings is 2. The molecule has 0 spiro atoms. The van der Waals surface area contributed by atoms with Crippen LogP contribution in [0, 0.1) is 0 Å². The van der Waals surface area contributed by atoms with E-state index in [1.54, 1.807) is 36.4 Å². The van der Waals surface area contributed by atoms with E-state index in [1.165, 1.54) is 30.8 Å². The van der Waals surface area contributed by atoms with Gasteiger partial charge in [0.25, 0.3) is 5.91 Å². The molecule has 2 aromatic carbocycles. The highest BCUT2D eigenvalue weighted by Crippen LogP contribution is 2.22. The zero-order chi connectivity index (χ0) is 25.0. The molecule has 0 aliphatic heterocycles. The molecule has 0 saturated carbocycles. The highest BCUT2D eigenvalue weighted by atomic mass is 32.2. The van der Waals surface area contributed by atoms with Crippen molar-refractivity contribution in [3.8, 4) is 0 Å². The number of rotatable bonds is 16. The Morgan fingerprint density at radius 1 is 0.882 bits per heavy atom. The van der Waals surface area contributed by atoms with E-state index in [0.717, 1.165) is 31.1 Å². The van der Waals surface area contributed by atoms with Gasteiger partial charge in [-0.2, -0.15) is 0 Å². The average molecular weight is 514 g/mol. The molecular weight excluding hydrogens is 478 g/mol. The summed E-state index contributed by atoms with van der Waals surface area (Å²) in [6, 6.07) is 10.2. The smallest absolute Gasteiger partial charge is 0.262 e. The number of amides is 1. The van der Waals surface area contributed by atoms with Gasteiger partial charge in [0.2, 0.25) is 20.0 Å². The van der Waals surface area contributed by atoms with E-state index in [9.17, 15) is 21.6 Å². The van der Waals surface area contributed by atoms with Crippen LogP contribution in [-0.2, 0) is 24.8 Å². The Kier molecular flexibility index (Phi) is 11.4. The molecule has 2 rings (SSSR count). The summed E-state index contributed by atoms with van der Waals surface area (Å²) in [6.07, 6.45) is 7.86. The van der Waals surface area contributed by atoms with E-state index < -0.39 is 38.5 Å². The minimum absolute atomic E-state index is 0.00977. The monoisotopic (exact) mass is 513 g/mol. The molecule has 0 radical (unpaired) electrons. The number of unbranched alkanes of at least 4 members (excludes halogenated alkanes) is 7. The highest BCUT2D eigenvalue weighted by molar-refractivity contribution is 7.90. The predicted octanol–water partition coefficient (Wildman–Crippen LogP) is 3.05. The fourth-order valence-corrected chi connectivity index (χ4v) is 6.27. The average Bonchev–Trinajstić information content (AvgIpc) is 2.82. The Hall–Kier alpha value is -2.05. The van der Waals surface area contributed by atoms with E-state index in [2.05, 4.69) is 16.4 Å². The number of carbonyl (C=O) groups is 1. The molecule has 2 aromatic rings. The largest absolute Gasteiger partial charge is 0.289 e. The van der Waals surface area contributed by atoms with Gasteiger partial charge in [0.1, 0.15) is 6.04 Å². The fourth-order valence-electron chi connectivity index (χ4n) is 3.67. The maximum absolute atomic E-state index is 12.9. The zero-order valence-electron chi connectivity index (χ0n) is 19.5. The number of hydrogen-bond donors (Lipinski definition) is 4. The quantitative estimate of drug-likeness (QED) is 0.154. The van der Waals surface area contributed by atoms with Gasteiger partial charge in [0.15, 0.2) is 0 Å². The summed E-state index contributed by atoms with van der Waals surface area (Å²) in [5.74, 6) is -1.24. The molecule has 11 heteroatoms. The highest BCUT2D eigenvalue weighted by Gasteiger charge is 2.27. The SMILES string of the molecule is CCCCCCCCCCS(=O)(=O)NC(CNS(=O)(=O)c1cccc2ccccc12)C(=O)NO. The van der Waals surface area contributed by atoms with Gasteiger partial charge in [-0.3, -0.25) is 10.0 Å². The summed E-state index contributed by atoms with van der Waals surface area (Å²) in [5, 5.41) is 10.2. The van der Waals surface area contributed by atoms with Crippen LogP contribution < -0.4 is 14.9 Å². The lowest BCUT2D eigenvalue weighted by atomic mass is 10.1. The molecule has 34 heavy (non-hydrogen) atoms. The lowest BCUT2D eigenvalue weighted by molar-refractivity contribution is -0.130. The van der Waals surface area contributed by atoms with Crippen molar-refractivity contribution in [3.05, 3.63) is 42.5 Å². The summed E-state index contributed by atoms with van der Waals surface area (Å²) >= 11 is 0. The first kappa shape index (κ1) is 28.2. The zero-order valence-corrected chi connectivity index (χ0v) is 21.1. The number of fused-ring (bicyclic) bond motifs is 1. The number of nitrogens with one attached hydrogen (secondary N) is 3. The number of carbonyl (C=O) groups excluding carboxylic acids is 1. The number of sulfonamides is 2. The van der Waals surface area contributed by atoms with Crippen LogP contribution in [0.3, 0.4) is 0 Å². The third-order valence-electron chi connectivity index (χ3n) is 5.53. The lowest BCUT2D eigenvalue weighted by Gasteiger charge is -2.18. The summed E-state index contributed by atoms with van der Waals surface area (Å²) in [4.78, 5) is 12.0. The second kappa shape index (κ2) is 13.7. The van der Waals surface area contributed by atoms with Gasteiger partial charge in [0.05, 0.1) is 10.6 Å². The Bertz CT molecular complexity index is 1130. The minimum Gasteiger partial charge on any atom is -0.289 e. The van der Waals surface area contributed by atoms with Gasteiger partial charge in [0, 0.05) is 11.9 Å². The maximum atomic E-state index is 12.9. The Morgan fingerprint density at radius 2 is 1.50 bits per heavy atom. The van der Waals surface area contributed by atoms with E-state index >= 15 is 0 Å². The van der Waals surface area contributed by atoms with Crippen LogP contribution in [-0.4, -0.2) is 46.3 Å². The van der Waals surface area contributed by atoms with E-state index in [4.69, 9.17) is 5.21 Å². The molecule has 0 heterocycles. The molecule has 0 fully saturated rings. The van der Waals surface area contributed by atoms with Crippen LogP contribution in [0.5, 0.6) is 0 Å². The van der Waals surface area contributed by atoms with Crippen molar-refractivity contribution >= 4 is 36.7 Å². The van der Waals surface area contributed by atoms with Crippen LogP contribution in [0.25, 0.3) is 10.8 Å². The molecule has 1 atom stereocenters. The third-order valence-corrected chi connectivity index (χ3v) is 8.48. The van der Waals surface area contributed by atoms with Crippen LogP contribution in [0.1, 0.15) is 58.3 Å². The number of hydrogen-bond acceptors (Lipinski definition) is 6. The summed E-state index contributed by atoms with van der Waals surface area (Å²) in [7, 11) is -7.92. The molecule has 1 amide bonds. The molecule has 0 aliphatic carbocycles. The summed E-state index contributed by atoms with van der Waals surface area (Å²) in [5.41, 5.74) is 1.39. The topological polar surface area (TPSA) is 142 Å².